The van der Waals surface area contributed by atoms with Crippen molar-refractivity contribution in [1.82, 2.24) is 10.00 Å². The first kappa shape index (κ1) is 16.3. The van der Waals surface area contributed by atoms with Gasteiger partial charge in [-0.3, -0.25) is 0 Å². The topological polar surface area (TPSA) is 61.0 Å². The molecule has 2 heterocycles. The van der Waals surface area contributed by atoms with Gasteiger partial charge in [-0.15, -0.1) is 4.68 Å². The number of hydrogen-bond donors (Lipinski definition) is 1. The van der Waals surface area contributed by atoms with Gasteiger partial charge in [-0.05, 0) is 12.1 Å². The summed E-state index contributed by atoms with van der Waals surface area (Å²) in [5, 5.41) is 13.4. The standard InChI is InChI=1S/C12H16N3.C2HF3O2/c1-14-12-5-3-2-4-11(12)9-15(14)8-10-6-13-7-10;3-2(4,5)1(6)7/h2-5,9-10,13H,6-8H2,1H3;(H,6,7)/q+1;/p-1. The lowest BCUT2D eigenvalue weighted by molar-refractivity contribution is -0.776. The lowest BCUT2D eigenvalue weighted by Gasteiger charge is -2.23. The Hall–Kier alpha value is -2.09. The quantitative estimate of drug-likeness (QED) is 0.793. The normalized spacial score (nSPS) is 15.1. The van der Waals surface area contributed by atoms with E-state index in [-0.39, 0.29) is 0 Å². The van der Waals surface area contributed by atoms with Gasteiger partial charge in [0.25, 0.3) is 0 Å². The van der Waals surface area contributed by atoms with Crippen LogP contribution in [0.2, 0.25) is 0 Å². The number of aryl methyl sites for hydroxylation is 1. The van der Waals surface area contributed by atoms with Gasteiger partial charge in [0.2, 0.25) is 6.20 Å². The summed E-state index contributed by atoms with van der Waals surface area (Å²) in [4.78, 5) is 8.78. The summed E-state index contributed by atoms with van der Waals surface area (Å²) in [6.07, 6.45) is -2.95. The first-order valence-electron chi connectivity index (χ1n) is 6.72. The van der Waals surface area contributed by atoms with Crippen LogP contribution in [0.4, 0.5) is 13.2 Å². The highest BCUT2D eigenvalue weighted by atomic mass is 19.4. The SMILES string of the molecule is Cn1c2ccccc2c[n+]1CC1CNC1.O=C([O-])C(F)(F)F. The molecule has 1 N–H and O–H groups in total. The van der Waals surface area contributed by atoms with Gasteiger partial charge in [0.1, 0.15) is 11.5 Å². The molecule has 1 aromatic heterocycles. The van der Waals surface area contributed by atoms with Crippen LogP contribution in [0.3, 0.4) is 0 Å². The molecular weight excluding hydrogens is 299 g/mol. The van der Waals surface area contributed by atoms with Gasteiger partial charge in [-0.2, -0.15) is 17.9 Å². The Bertz CT molecular complexity index is 663. The summed E-state index contributed by atoms with van der Waals surface area (Å²) in [5.74, 6) is -2.20. The number of aromatic nitrogens is 2. The predicted molar refractivity (Wildman–Crippen MR) is 70.5 cm³/mol. The van der Waals surface area contributed by atoms with Crippen molar-refractivity contribution >= 4 is 16.9 Å². The van der Waals surface area contributed by atoms with Gasteiger partial charge in [0.15, 0.2) is 6.54 Å². The molecule has 2 aromatic rings. The number of carboxylic acids is 1. The lowest BCUT2D eigenvalue weighted by atomic mass is 10.0. The largest absolute Gasteiger partial charge is 0.542 e. The van der Waals surface area contributed by atoms with Crippen LogP contribution in [0.25, 0.3) is 10.9 Å². The van der Waals surface area contributed by atoms with Crippen LogP contribution < -0.4 is 15.1 Å². The van der Waals surface area contributed by atoms with E-state index < -0.39 is 12.1 Å². The van der Waals surface area contributed by atoms with Crippen LogP contribution in [0.5, 0.6) is 0 Å². The van der Waals surface area contributed by atoms with E-state index in [1.165, 1.54) is 10.9 Å². The van der Waals surface area contributed by atoms with Crippen molar-refractivity contribution in [2.45, 2.75) is 12.7 Å². The maximum Gasteiger partial charge on any atom is 0.430 e. The molecule has 0 bridgehead atoms. The zero-order valence-corrected chi connectivity index (χ0v) is 11.9. The Balaban J connectivity index is 0.000000217. The van der Waals surface area contributed by atoms with E-state index >= 15 is 0 Å². The molecule has 5 nitrogen and oxygen atoms in total. The molecule has 1 fully saturated rings. The molecular formula is C14H16F3N3O2. The van der Waals surface area contributed by atoms with Crippen molar-refractivity contribution in [3.63, 3.8) is 0 Å². The fourth-order valence-electron chi connectivity index (χ4n) is 2.19. The molecule has 1 saturated heterocycles. The van der Waals surface area contributed by atoms with E-state index in [1.54, 1.807) is 0 Å². The predicted octanol–water partition coefficient (Wildman–Crippen LogP) is -0.0162. The van der Waals surface area contributed by atoms with Gasteiger partial charge in [-0.25, -0.2) is 0 Å². The monoisotopic (exact) mass is 315 g/mol. The van der Waals surface area contributed by atoms with Crippen LogP contribution in [0.15, 0.2) is 30.5 Å². The lowest BCUT2D eigenvalue weighted by Crippen LogP contribution is -2.53. The van der Waals surface area contributed by atoms with Gasteiger partial charge in [-0.1, -0.05) is 12.1 Å². The number of nitrogens with zero attached hydrogens (tertiary/aromatic N) is 2. The minimum Gasteiger partial charge on any atom is -0.542 e. The average Bonchev–Trinajstić information content (AvgIpc) is 2.71. The van der Waals surface area contributed by atoms with Crippen molar-refractivity contribution in [3.05, 3.63) is 30.5 Å². The highest BCUT2D eigenvalue weighted by molar-refractivity contribution is 5.77. The third kappa shape index (κ3) is 3.76. The summed E-state index contributed by atoms with van der Waals surface area (Å²) in [6, 6.07) is 8.53. The molecule has 3 rings (SSSR count). The van der Waals surface area contributed by atoms with E-state index in [0.717, 1.165) is 25.6 Å². The molecule has 0 amide bonds. The van der Waals surface area contributed by atoms with Crippen molar-refractivity contribution in [3.8, 4) is 0 Å². The number of carboxylic acid groups (broad SMARTS) is 1. The Kier molecular flexibility index (Phi) is 4.70. The molecule has 0 saturated carbocycles. The molecule has 22 heavy (non-hydrogen) atoms. The molecule has 0 atom stereocenters. The second-order valence-electron chi connectivity index (χ2n) is 5.14. The maximum atomic E-state index is 10.5. The number of halogens is 3. The molecule has 0 spiro atoms. The number of rotatable bonds is 2. The number of fused-ring (bicyclic) bond motifs is 1. The number of hydrogen-bond acceptors (Lipinski definition) is 3. The first-order valence-corrected chi connectivity index (χ1v) is 6.72. The molecule has 1 aromatic carbocycles. The summed E-state index contributed by atoms with van der Waals surface area (Å²) in [5.41, 5.74) is 1.31. The summed E-state index contributed by atoms with van der Waals surface area (Å²) in [6.45, 7) is 3.45. The van der Waals surface area contributed by atoms with Crippen LogP contribution in [0, 0.1) is 5.92 Å². The number of benzene rings is 1. The third-order valence-electron chi connectivity index (χ3n) is 3.50. The van der Waals surface area contributed by atoms with Crippen LogP contribution in [-0.4, -0.2) is 29.9 Å². The summed E-state index contributed by atoms with van der Waals surface area (Å²) < 4.78 is 36.1. The Morgan fingerprint density at radius 1 is 1.41 bits per heavy atom. The number of para-hydroxylation sites is 1. The van der Waals surface area contributed by atoms with Crippen molar-refractivity contribution < 1.29 is 27.8 Å². The third-order valence-corrected chi connectivity index (χ3v) is 3.50. The molecule has 1 aliphatic rings. The highest BCUT2D eigenvalue weighted by Gasteiger charge is 2.28. The number of alkyl halides is 3. The zero-order chi connectivity index (χ0) is 16.3. The molecule has 8 heteroatoms. The molecule has 0 radical (unpaired) electrons. The fraction of sp³-hybridized carbons (Fsp3) is 0.429. The van der Waals surface area contributed by atoms with Gasteiger partial charge in [0.05, 0.1) is 12.4 Å². The molecule has 0 aliphatic carbocycles. The van der Waals surface area contributed by atoms with E-state index in [4.69, 9.17) is 9.90 Å². The molecule has 0 unspecified atom stereocenters. The van der Waals surface area contributed by atoms with Gasteiger partial charge in [0, 0.05) is 19.0 Å². The van der Waals surface area contributed by atoms with Crippen LogP contribution in [0.1, 0.15) is 0 Å². The number of nitrogens with one attached hydrogen (secondary N) is 1. The highest BCUT2D eigenvalue weighted by Crippen LogP contribution is 2.12. The van der Waals surface area contributed by atoms with Crippen LogP contribution in [-0.2, 0) is 18.4 Å². The number of aliphatic carboxylic acids is 1. The maximum absolute atomic E-state index is 10.5. The Morgan fingerprint density at radius 3 is 2.45 bits per heavy atom. The summed E-state index contributed by atoms with van der Waals surface area (Å²) >= 11 is 0. The fourth-order valence-corrected chi connectivity index (χ4v) is 2.19. The van der Waals surface area contributed by atoms with Crippen molar-refractivity contribution in [2.24, 2.45) is 13.0 Å². The molecule has 120 valence electrons. The number of carbonyl (C=O) groups is 1. The van der Waals surface area contributed by atoms with E-state index in [2.05, 4.69) is 52.2 Å². The van der Waals surface area contributed by atoms with E-state index in [9.17, 15) is 13.2 Å². The second kappa shape index (κ2) is 6.35. The average molecular weight is 315 g/mol. The minimum atomic E-state index is -5.19. The smallest absolute Gasteiger partial charge is 0.430 e. The zero-order valence-electron chi connectivity index (χ0n) is 11.9. The Morgan fingerprint density at radius 2 is 2.00 bits per heavy atom. The Labute approximate surface area is 124 Å². The molecule has 1 aliphatic heterocycles. The van der Waals surface area contributed by atoms with Crippen LogP contribution >= 0.6 is 0 Å². The summed E-state index contributed by atoms with van der Waals surface area (Å²) in [7, 11) is 2.13. The number of carbonyl (C=O) groups excluding carboxylic acids is 1. The second-order valence-corrected chi connectivity index (χ2v) is 5.14. The van der Waals surface area contributed by atoms with E-state index in [0.29, 0.717) is 0 Å². The van der Waals surface area contributed by atoms with E-state index in [1.807, 2.05) is 0 Å². The van der Waals surface area contributed by atoms with Gasteiger partial charge < -0.3 is 15.2 Å². The minimum absolute atomic E-state index is 0.804. The van der Waals surface area contributed by atoms with Gasteiger partial charge >= 0.3 is 6.18 Å². The van der Waals surface area contributed by atoms with Crippen molar-refractivity contribution in [2.75, 3.05) is 13.1 Å². The van der Waals surface area contributed by atoms with Crippen molar-refractivity contribution in [1.29, 1.82) is 0 Å². The first-order chi connectivity index (χ1) is 10.3.